The van der Waals surface area contributed by atoms with E-state index in [-0.39, 0.29) is 25.5 Å². The van der Waals surface area contributed by atoms with E-state index >= 15 is 0 Å². The summed E-state index contributed by atoms with van der Waals surface area (Å²) in [5.74, 6) is 0.341. The minimum absolute atomic E-state index is 0.0784. The highest BCUT2D eigenvalue weighted by Gasteiger charge is 2.31. The molecule has 0 saturated heterocycles. The number of rotatable bonds is 10. The van der Waals surface area contributed by atoms with Gasteiger partial charge in [-0.05, 0) is 19.1 Å². The molecule has 0 fully saturated rings. The number of aryl methyl sites for hydroxylation is 1. The Kier molecular flexibility index (Phi) is 8.81. The van der Waals surface area contributed by atoms with Crippen molar-refractivity contribution in [2.24, 2.45) is 0 Å². The van der Waals surface area contributed by atoms with Crippen LogP contribution in [0, 0.1) is 6.92 Å². The van der Waals surface area contributed by atoms with Crippen LogP contribution in [0.5, 0.6) is 5.75 Å². The van der Waals surface area contributed by atoms with Gasteiger partial charge >= 0.3 is 0 Å². The predicted molar refractivity (Wildman–Crippen MR) is 90.0 cm³/mol. The summed E-state index contributed by atoms with van der Waals surface area (Å²) in [5, 5.41) is 47.1. The van der Waals surface area contributed by atoms with E-state index in [1.807, 2.05) is 19.1 Å². The fourth-order valence-electron chi connectivity index (χ4n) is 2.14. The second kappa shape index (κ2) is 10.3. The number of hydrogen-bond donors (Lipinski definition) is 5. The molecule has 1 amide bonds. The Bertz CT molecular complexity index is 522. The first-order chi connectivity index (χ1) is 11.8. The zero-order valence-corrected chi connectivity index (χ0v) is 14.4. The highest BCUT2D eigenvalue weighted by molar-refractivity contribution is 5.76. The number of carbonyl (C=O) groups is 1. The van der Waals surface area contributed by atoms with Crippen LogP contribution >= 0.6 is 0 Å². The van der Waals surface area contributed by atoms with E-state index in [1.165, 1.54) is 11.9 Å². The van der Waals surface area contributed by atoms with Gasteiger partial charge in [-0.1, -0.05) is 17.7 Å². The van der Waals surface area contributed by atoms with E-state index in [0.717, 1.165) is 5.56 Å². The molecule has 0 heterocycles. The van der Waals surface area contributed by atoms with Crippen LogP contribution < -0.4 is 4.74 Å². The lowest BCUT2D eigenvalue weighted by Gasteiger charge is -2.28. The second-order valence-electron chi connectivity index (χ2n) is 5.98. The van der Waals surface area contributed by atoms with E-state index in [4.69, 9.17) is 9.84 Å². The normalized spacial score (nSPS) is 16.0. The SMILES string of the molecule is Cc1ccc(OCCC(=O)N(C)CC(O)C(O)C(O)C(O)CO)cc1. The molecule has 0 aromatic heterocycles. The van der Waals surface area contributed by atoms with Gasteiger partial charge in [-0.25, -0.2) is 0 Å². The fourth-order valence-corrected chi connectivity index (χ4v) is 2.14. The number of aliphatic hydroxyl groups is 5. The lowest BCUT2D eigenvalue weighted by molar-refractivity contribution is -0.138. The number of carbonyl (C=O) groups excluding carboxylic acids is 1. The number of hydrogen-bond acceptors (Lipinski definition) is 7. The molecule has 4 unspecified atom stereocenters. The molecule has 0 bridgehead atoms. The lowest BCUT2D eigenvalue weighted by atomic mass is 10.0. The van der Waals surface area contributed by atoms with Gasteiger partial charge in [0, 0.05) is 13.6 Å². The maximum Gasteiger partial charge on any atom is 0.225 e. The van der Waals surface area contributed by atoms with Crippen molar-refractivity contribution in [2.75, 3.05) is 26.8 Å². The van der Waals surface area contributed by atoms with Crippen LogP contribution in [0.2, 0.25) is 0 Å². The molecule has 8 nitrogen and oxygen atoms in total. The van der Waals surface area contributed by atoms with Crippen molar-refractivity contribution in [3.8, 4) is 5.75 Å². The van der Waals surface area contributed by atoms with Gasteiger partial charge in [0.25, 0.3) is 0 Å². The van der Waals surface area contributed by atoms with Gasteiger partial charge in [-0.2, -0.15) is 0 Å². The minimum atomic E-state index is -1.71. The summed E-state index contributed by atoms with van der Waals surface area (Å²) in [4.78, 5) is 13.2. The smallest absolute Gasteiger partial charge is 0.225 e. The van der Waals surface area contributed by atoms with Crippen molar-refractivity contribution in [1.82, 2.24) is 4.90 Å². The first kappa shape index (κ1) is 21.3. The molecule has 1 rings (SSSR count). The van der Waals surface area contributed by atoms with Crippen LogP contribution in [0.15, 0.2) is 24.3 Å². The van der Waals surface area contributed by atoms with Crippen LogP contribution in [0.1, 0.15) is 12.0 Å². The van der Waals surface area contributed by atoms with Gasteiger partial charge < -0.3 is 35.2 Å². The van der Waals surface area contributed by atoms with Crippen molar-refractivity contribution < 1.29 is 35.1 Å². The van der Waals surface area contributed by atoms with Gasteiger partial charge in [-0.3, -0.25) is 4.79 Å². The van der Waals surface area contributed by atoms with Gasteiger partial charge in [0.15, 0.2) is 0 Å². The molecule has 0 radical (unpaired) electrons. The molecule has 1 aromatic rings. The molecule has 4 atom stereocenters. The van der Waals surface area contributed by atoms with E-state index in [2.05, 4.69) is 0 Å². The average molecular weight is 357 g/mol. The second-order valence-corrected chi connectivity index (χ2v) is 5.98. The highest BCUT2D eigenvalue weighted by atomic mass is 16.5. The first-order valence-corrected chi connectivity index (χ1v) is 8.02. The Balaban J connectivity index is 2.38. The molecule has 1 aromatic carbocycles. The van der Waals surface area contributed by atoms with Crippen molar-refractivity contribution in [1.29, 1.82) is 0 Å². The van der Waals surface area contributed by atoms with Gasteiger partial charge in [0.1, 0.15) is 30.2 Å². The fraction of sp³-hybridized carbons (Fsp3) is 0.588. The van der Waals surface area contributed by atoms with Crippen LogP contribution in [-0.2, 0) is 4.79 Å². The Hall–Kier alpha value is -1.71. The van der Waals surface area contributed by atoms with Crippen molar-refractivity contribution in [3.05, 3.63) is 29.8 Å². The molecule has 0 aliphatic rings. The maximum atomic E-state index is 12.0. The first-order valence-electron chi connectivity index (χ1n) is 8.02. The maximum absolute atomic E-state index is 12.0. The number of benzene rings is 1. The largest absolute Gasteiger partial charge is 0.493 e. The summed E-state index contributed by atoms with van der Waals surface area (Å²) < 4.78 is 5.46. The molecule has 0 aliphatic heterocycles. The Morgan fingerprint density at radius 1 is 1.08 bits per heavy atom. The standard InChI is InChI=1S/C17H27NO7/c1-11-3-5-12(6-4-11)25-8-7-15(22)18(2)9-13(20)16(23)17(24)14(21)10-19/h3-6,13-14,16-17,19-21,23-24H,7-10H2,1-2H3. The van der Waals surface area contributed by atoms with E-state index in [9.17, 15) is 25.2 Å². The summed E-state index contributed by atoms with van der Waals surface area (Å²) in [7, 11) is 1.44. The van der Waals surface area contributed by atoms with Gasteiger partial charge in [0.2, 0.25) is 5.91 Å². The number of ether oxygens (including phenoxy) is 1. The summed E-state index contributed by atoms with van der Waals surface area (Å²) in [6, 6.07) is 7.40. The molecule has 25 heavy (non-hydrogen) atoms. The van der Waals surface area contributed by atoms with E-state index < -0.39 is 31.0 Å². The van der Waals surface area contributed by atoms with Gasteiger partial charge in [0.05, 0.1) is 19.6 Å². The molecule has 0 aliphatic carbocycles. The third-order valence-corrected chi connectivity index (χ3v) is 3.82. The molecule has 5 N–H and O–H groups in total. The lowest BCUT2D eigenvalue weighted by Crippen LogP contribution is -2.50. The molecule has 142 valence electrons. The summed E-state index contributed by atoms with van der Waals surface area (Å²) >= 11 is 0. The monoisotopic (exact) mass is 357 g/mol. The highest BCUT2D eigenvalue weighted by Crippen LogP contribution is 2.12. The van der Waals surface area contributed by atoms with Crippen LogP contribution in [0.3, 0.4) is 0 Å². The summed E-state index contributed by atoms with van der Waals surface area (Å²) in [6.07, 6.45) is -6.37. The third kappa shape index (κ3) is 6.97. The summed E-state index contributed by atoms with van der Waals surface area (Å²) in [6.45, 7) is 1.13. The predicted octanol–water partition coefficient (Wildman–Crippen LogP) is -1.34. The Morgan fingerprint density at radius 2 is 1.64 bits per heavy atom. The number of amides is 1. The number of aliphatic hydroxyl groups excluding tert-OH is 5. The molecular weight excluding hydrogens is 330 g/mol. The number of nitrogens with zero attached hydrogens (tertiary/aromatic N) is 1. The molecule has 8 heteroatoms. The van der Waals surface area contributed by atoms with Crippen LogP contribution in [-0.4, -0.2) is 87.6 Å². The number of likely N-dealkylation sites (N-methyl/N-ethyl adjacent to an activating group) is 1. The zero-order valence-electron chi connectivity index (χ0n) is 14.4. The van der Waals surface area contributed by atoms with Crippen molar-refractivity contribution >= 4 is 5.91 Å². The summed E-state index contributed by atoms with van der Waals surface area (Å²) in [5.41, 5.74) is 1.10. The molecule has 0 spiro atoms. The average Bonchev–Trinajstić information content (AvgIpc) is 2.61. The van der Waals surface area contributed by atoms with Gasteiger partial charge in [-0.15, -0.1) is 0 Å². The third-order valence-electron chi connectivity index (χ3n) is 3.82. The molecular formula is C17H27NO7. The van der Waals surface area contributed by atoms with Crippen molar-refractivity contribution in [2.45, 2.75) is 37.8 Å². The zero-order chi connectivity index (χ0) is 19.0. The Morgan fingerprint density at radius 3 is 2.20 bits per heavy atom. The van der Waals surface area contributed by atoms with E-state index in [0.29, 0.717) is 5.75 Å². The topological polar surface area (TPSA) is 131 Å². The quantitative estimate of drug-likeness (QED) is 0.350. The van der Waals surface area contributed by atoms with E-state index in [1.54, 1.807) is 12.1 Å². The van der Waals surface area contributed by atoms with Crippen LogP contribution in [0.4, 0.5) is 0 Å². The minimum Gasteiger partial charge on any atom is -0.493 e. The van der Waals surface area contributed by atoms with Crippen molar-refractivity contribution in [3.63, 3.8) is 0 Å². The molecule has 0 saturated carbocycles. The Labute approximate surface area is 146 Å². The van der Waals surface area contributed by atoms with Crippen LogP contribution in [0.25, 0.3) is 0 Å².